The molecule has 0 aromatic rings. The second-order valence-corrected chi connectivity index (χ2v) is 5.22. The van der Waals surface area contributed by atoms with Gasteiger partial charge in [-0.2, -0.15) is 0 Å². The molecule has 1 fully saturated rings. The number of hydrogen-bond acceptors (Lipinski definition) is 1. The average Bonchev–Trinajstić information content (AvgIpc) is 2.88. The van der Waals surface area contributed by atoms with Crippen molar-refractivity contribution in [2.24, 2.45) is 29.6 Å². The molecule has 84 valence electrons. The zero-order valence-corrected chi connectivity index (χ0v) is 9.34. The number of fused-ring (bicyclic) bond motifs is 5. The summed E-state index contributed by atoms with van der Waals surface area (Å²) in [6, 6.07) is 0. The van der Waals surface area contributed by atoms with Gasteiger partial charge in [-0.1, -0.05) is 30.4 Å². The molecule has 0 aromatic heterocycles. The Kier molecular flexibility index (Phi) is 2.06. The van der Waals surface area contributed by atoms with Gasteiger partial charge in [-0.25, -0.2) is 4.79 Å². The van der Waals surface area contributed by atoms with Crippen LogP contribution in [0.5, 0.6) is 0 Å². The molecule has 0 aromatic carbocycles. The van der Waals surface area contributed by atoms with Gasteiger partial charge < -0.3 is 5.11 Å². The van der Waals surface area contributed by atoms with E-state index >= 15 is 0 Å². The van der Waals surface area contributed by atoms with Crippen LogP contribution < -0.4 is 0 Å². The molecule has 1 N–H and O–H groups in total. The van der Waals surface area contributed by atoms with Gasteiger partial charge in [0.05, 0.1) is 0 Å². The first-order valence-electron chi connectivity index (χ1n) is 5.95. The standard InChI is InChI=1S/C14H16O2/c1-8(14(15)16)6-10-4-5-12-9-2-3-11(7-9)13(10)12/h2-6,9-13H,7H2,1H3,(H,15,16). The van der Waals surface area contributed by atoms with E-state index in [1.807, 2.05) is 6.08 Å². The summed E-state index contributed by atoms with van der Waals surface area (Å²) in [5.74, 6) is 2.22. The van der Waals surface area contributed by atoms with E-state index in [0.29, 0.717) is 29.2 Å². The van der Waals surface area contributed by atoms with Gasteiger partial charge in [-0.15, -0.1) is 0 Å². The summed E-state index contributed by atoms with van der Waals surface area (Å²) >= 11 is 0. The van der Waals surface area contributed by atoms with Crippen molar-refractivity contribution in [3.8, 4) is 0 Å². The van der Waals surface area contributed by atoms with Gasteiger partial charge in [0.25, 0.3) is 0 Å². The maximum absolute atomic E-state index is 10.8. The van der Waals surface area contributed by atoms with Crippen LogP contribution >= 0.6 is 0 Å². The minimum absolute atomic E-state index is 0.334. The summed E-state index contributed by atoms with van der Waals surface area (Å²) in [6.07, 6.45) is 12.4. The zero-order valence-electron chi connectivity index (χ0n) is 9.34. The van der Waals surface area contributed by atoms with Crippen LogP contribution in [0.15, 0.2) is 36.0 Å². The van der Waals surface area contributed by atoms with Gasteiger partial charge in [0.15, 0.2) is 0 Å². The van der Waals surface area contributed by atoms with Crippen LogP contribution in [0.25, 0.3) is 0 Å². The summed E-state index contributed by atoms with van der Waals surface area (Å²) in [7, 11) is 0. The Labute approximate surface area is 95.4 Å². The van der Waals surface area contributed by atoms with E-state index in [9.17, 15) is 4.79 Å². The Bertz CT molecular complexity index is 416. The van der Waals surface area contributed by atoms with Crippen LogP contribution in [-0.2, 0) is 4.79 Å². The Morgan fingerprint density at radius 1 is 1.25 bits per heavy atom. The molecule has 0 saturated heterocycles. The summed E-state index contributed by atoms with van der Waals surface area (Å²) < 4.78 is 0. The molecule has 16 heavy (non-hydrogen) atoms. The van der Waals surface area contributed by atoms with E-state index < -0.39 is 5.97 Å². The maximum Gasteiger partial charge on any atom is 0.330 e. The van der Waals surface area contributed by atoms with Gasteiger partial charge in [-0.3, -0.25) is 0 Å². The average molecular weight is 216 g/mol. The zero-order chi connectivity index (χ0) is 11.3. The fraction of sp³-hybridized carbons (Fsp3) is 0.500. The number of carboxylic acids is 1. The van der Waals surface area contributed by atoms with Gasteiger partial charge in [0, 0.05) is 5.57 Å². The first-order valence-corrected chi connectivity index (χ1v) is 5.95. The van der Waals surface area contributed by atoms with Crippen LogP contribution in [0, 0.1) is 29.6 Å². The van der Waals surface area contributed by atoms with E-state index in [1.54, 1.807) is 6.92 Å². The molecule has 0 radical (unpaired) electrons. The SMILES string of the molecule is CC(=CC1C=CC2C3C=CC(C3)C12)C(=O)O. The molecule has 2 nitrogen and oxygen atoms in total. The molecule has 0 amide bonds. The molecule has 0 heterocycles. The minimum atomic E-state index is -0.796. The highest BCUT2D eigenvalue weighted by molar-refractivity contribution is 5.85. The van der Waals surface area contributed by atoms with Crippen molar-refractivity contribution in [1.82, 2.24) is 0 Å². The van der Waals surface area contributed by atoms with Crippen LogP contribution in [-0.4, -0.2) is 11.1 Å². The highest BCUT2D eigenvalue weighted by Gasteiger charge is 2.47. The first kappa shape index (κ1) is 9.88. The molecule has 5 atom stereocenters. The van der Waals surface area contributed by atoms with E-state index in [4.69, 9.17) is 5.11 Å². The largest absolute Gasteiger partial charge is 0.478 e. The molecule has 0 aliphatic heterocycles. The van der Waals surface area contributed by atoms with Crippen molar-refractivity contribution in [2.75, 3.05) is 0 Å². The first-order chi connectivity index (χ1) is 7.66. The van der Waals surface area contributed by atoms with E-state index in [-0.39, 0.29) is 0 Å². The highest BCUT2D eigenvalue weighted by Crippen LogP contribution is 2.55. The van der Waals surface area contributed by atoms with E-state index in [0.717, 1.165) is 5.92 Å². The summed E-state index contributed by atoms with van der Waals surface area (Å²) in [5, 5.41) is 8.91. The van der Waals surface area contributed by atoms with Crippen LogP contribution in [0.3, 0.4) is 0 Å². The monoisotopic (exact) mass is 216 g/mol. The molecule has 3 rings (SSSR count). The number of allylic oxidation sites excluding steroid dienone is 5. The summed E-state index contributed by atoms with van der Waals surface area (Å²) in [4.78, 5) is 10.8. The van der Waals surface area contributed by atoms with Crippen molar-refractivity contribution < 1.29 is 9.90 Å². The van der Waals surface area contributed by atoms with Gasteiger partial charge >= 0.3 is 5.97 Å². The summed E-state index contributed by atoms with van der Waals surface area (Å²) in [6.45, 7) is 1.69. The number of rotatable bonds is 2. The van der Waals surface area contributed by atoms with Crippen LogP contribution in [0.4, 0.5) is 0 Å². The normalized spacial score (nSPS) is 44.1. The molecule has 2 bridgehead atoms. The third-order valence-electron chi connectivity index (χ3n) is 4.36. The maximum atomic E-state index is 10.8. The Balaban J connectivity index is 1.85. The molecule has 0 spiro atoms. The van der Waals surface area contributed by atoms with E-state index in [2.05, 4.69) is 24.3 Å². The second-order valence-electron chi connectivity index (χ2n) is 5.22. The smallest absolute Gasteiger partial charge is 0.330 e. The molecule has 3 aliphatic carbocycles. The predicted octanol–water partition coefficient (Wildman–Crippen LogP) is 2.64. The molecule has 5 unspecified atom stereocenters. The Morgan fingerprint density at radius 2 is 2.00 bits per heavy atom. The number of carbonyl (C=O) groups is 1. The topological polar surface area (TPSA) is 37.3 Å². The van der Waals surface area contributed by atoms with Crippen molar-refractivity contribution in [2.45, 2.75) is 13.3 Å². The van der Waals surface area contributed by atoms with Crippen LogP contribution in [0.1, 0.15) is 13.3 Å². The number of hydrogen-bond donors (Lipinski definition) is 1. The fourth-order valence-electron chi connectivity index (χ4n) is 3.62. The lowest BCUT2D eigenvalue weighted by molar-refractivity contribution is -0.132. The highest BCUT2D eigenvalue weighted by atomic mass is 16.4. The van der Waals surface area contributed by atoms with E-state index in [1.165, 1.54) is 6.42 Å². The molecular formula is C14H16O2. The molecule has 3 aliphatic rings. The Hall–Kier alpha value is -1.31. The second kappa shape index (κ2) is 3.34. The lowest BCUT2D eigenvalue weighted by Crippen LogP contribution is -2.19. The minimum Gasteiger partial charge on any atom is -0.478 e. The van der Waals surface area contributed by atoms with Gasteiger partial charge in [0.1, 0.15) is 0 Å². The van der Waals surface area contributed by atoms with Gasteiger partial charge in [0.2, 0.25) is 0 Å². The fourth-order valence-corrected chi connectivity index (χ4v) is 3.62. The van der Waals surface area contributed by atoms with Gasteiger partial charge in [-0.05, 0) is 42.9 Å². The van der Waals surface area contributed by atoms with Crippen LogP contribution in [0.2, 0.25) is 0 Å². The summed E-state index contributed by atoms with van der Waals surface area (Å²) in [5.41, 5.74) is 0.474. The predicted molar refractivity (Wildman–Crippen MR) is 61.7 cm³/mol. The van der Waals surface area contributed by atoms with Crippen molar-refractivity contribution in [1.29, 1.82) is 0 Å². The lowest BCUT2D eigenvalue weighted by Gasteiger charge is -2.24. The lowest BCUT2D eigenvalue weighted by atomic mass is 9.80. The molecule has 1 saturated carbocycles. The molecule has 2 heteroatoms. The van der Waals surface area contributed by atoms with Crippen molar-refractivity contribution >= 4 is 5.97 Å². The Morgan fingerprint density at radius 3 is 2.75 bits per heavy atom. The third-order valence-corrected chi connectivity index (χ3v) is 4.36. The third kappa shape index (κ3) is 1.29. The quantitative estimate of drug-likeness (QED) is 0.569. The number of carboxylic acid groups (broad SMARTS) is 1. The van der Waals surface area contributed by atoms with Crippen molar-refractivity contribution in [3.05, 3.63) is 36.0 Å². The number of aliphatic carboxylic acids is 1. The molecular weight excluding hydrogens is 200 g/mol. The van der Waals surface area contributed by atoms with Crippen molar-refractivity contribution in [3.63, 3.8) is 0 Å².